The molecule has 1 aromatic rings. The molecule has 0 spiro atoms. The van der Waals surface area contributed by atoms with Crippen LogP contribution in [0.1, 0.15) is 31.7 Å². The van der Waals surface area contributed by atoms with Crippen molar-refractivity contribution in [1.82, 2.24) is 4.90 Å². The van der Waals surface area contributed by atoms with Crippen LogP contribution in [-0.4, -0.2) is 40.9 Å². The fourth-order valence-electron chi connectivity index (χ4n) is 3.36. The molecular weight excluding hydrogens is 250 g/mol. The van der Waals surface area contributed by atoms with Crippen LogP contribution in [-0.2, 0) is 5.41 Å². The van der Waals surface area contributed by atoms with Gasteiger partial charge in [-0.25, -0.2) is 0 Å². The SMILES string of the molecule is C=CCN1CCC[C@@H](O)[C@](CC)(c2cccc(O)c2)C1. The van der Waals surface area contributed by atoms with Gasteiger partial charge in [-0.05, 0) is 43.5 Å². The summed E-state index contributed by atoms with van der Waals surface area (Å²) in [5.74, 6) is 0.266. The molecule has 0 unspecified atom stereocenters. The predicted octanol–water partition coefficient (Wildman–Crippen LogP) is 2.68. The second-order valence-corrected chi connectivity index (χ2v) is 5.74. The largest absolute Gasteiger partial charge is 0.508 e. The summed E-state index contributed by atoms with van der Waals surface area (Å²) in [5.41, 5.74) is 0.724. The monoisotopic (exact) mass is 275 g/mol. The number of aromatic hydroxyl groups is 1. The Morgan fingerprint density at radius 3 is 2.95 bits per heavy atom. The second kappa shape index (κ2) is 6.42. The van der Waals surface area contributed by atoms with E-state index in [0.29, 0.717) is 0 Å². The van der Waals surface area contributed by atoms with E-state index in [-0.39, 0.29) is 17.3 Å². The summed E-state index contributed by atoms with van der Waals surface area (Å²) in [7, 11) is 0. The van der Waals surface area contributed by atoms with Crippen molar-refractivity contribution in [2.75, 3.05) is 19.6 Å². The smallest absolute Gasteiger partial charge is 0.115 e. The summed E-state index contributed by atoms with van der Waals surface area (Å²) in [4.78, 5) is 2.34. The van der Waals surface area contributed by atoms with E-state index in [1.165, 1.54) is 0 Å². The van der Waals surface area contributed by atoms with Crippen LogP contribution in [0.5, 0.6) is 5.75 Å². The quantitative estimate of drug-likeness (QED) is 0.830. The molecule has 2 atom stereocenters. The van der Waals surface area contributed by atoms with Crippen LogP contribution < -0.4 is 0 Å². The average molecular weight is 275 g/mol. The molecule has 110 valence electrons. The summed E-state index contributed by atoms with van der Waals surface area (Å²) in [5, 5.41) is 20.5. The number of nitrogens with zero attached hydrogens (tertiary/aromatic N) is 1. The van der Waals surface area contributed by atoms with Gasteiger partial charge in [0.15, 0.2) is 0 Å². The van der Waals surface area contributed by atoms with Crippen molar-refractivity contribution in [3.05, 3.63) is 42.5 Å². The van der Waals surface area contributed by atoms with E-state index in [2.05, 4.69) is 18.4 Å². The van der Waals surface area contributed by atoms with Crippen molar-refractivity contribution in [1.29, 1.82) is 0 Å². The zero-order valence-electron chi connectivity index (χ0n) is 12.3. The zero-order chi connectivity index (χ0) is 14.6. The predicted molar refractivity (Wildman–Crippen MR) is 82.0 cm³/mol. The van der Waals surface area contributed by atoms with E-state index >= 15 is 0 Å². The Kier molecular flexibility index (Phi) is 4.84. The topological polar surface area (TPSA) is 43.7 Å². The minimum Gasteiger partial charge on any atom is -0.508 e. The number of phenolic OH excluding ortho intramolecular Hbond substituents is 1. The lowest BCUT2D eigenvalue weighted by Gasteiger charge is -2.39. The van der Waals surface area contributed by atoms with E-state index in [9.17, 15) is 10.2 Å². The molecule has 2 N–H and O–H groups in total. The van der Waals surface area contributed by atoms with Gasteiger partial charge in [0.25, 0.3) is 0 Å². The molecule has 0 bridgehead atoms. The first-order chi connectivity index (χ1) is 9.62. The minimum atomic E-state index is -0.371. The molecule has 0 aliphatic carbocycles. The summed E-state index contributed by atoms with van der Waals surface area (Å²) in [6, 6.07) is 7.35. The van der Waals surface area contributed by atoms with Gasteiger partial charge < -0.3 is 10.2 Å². The fraction of sp³-hybridized carbons (Fsp3) is 0.529. The summed E-state index contributed by atoms with van der Waals surface area (Å²) in [6.07, 6.45) is 4.20. The Bertz CT molecular complexity index is 460. The maximum Gasteiger partial charge on any atom is 0.115 e. The Hall–Kier alpha value is -1.32. The van der Waals surface area contributed by atoms with Crippen LogP contribution >= 0.6 is 0 Å². The molecule has 1 aliphatic rings. The molecule has 1 heterocycles. The van der Waals surface area contributed by atoms with Crippen LogP contribution in [0.15, 0.2) is 36.9 Å². The maximum atomic E-state index is 10.7. The molecule has 0 radical (unpaired) electrons. The van der Waals surface area contributed by atoms with Crippen LogP contribution in [0.25, 0.3) is 0 Å². The standard InChI is InChI=1S/C17H25NO2/c1-3-10-18-11-6-9-16(20)17(4-2,13-18)14-7-5-8-15(19)12-14/h3,5,7-8,12,16,19-20H,1,4,6,9-11,13H2,2H3/t16-,17+/m1/s1. The Morgan fingerprint density at radius 1 is 1.50 bits per heavy atom. The van der Waals surface area contributed by atoms with Crippen molar-refractivity contribution in [2.24, 2.45) is 0 Å². The van der Waals surface area contributed by atoms with Gasteiger partial charge in [0, 0.05) is 18.5 Å². The molecular formula is C17H25NO2. The molecule has 20 heavy (non-hydrogen) atoms. The van der Waals surface area contributed by atoms with Gasteiger partial charge in [-0.15, -0.1) is 6.58 Å². The number of aliphatic hydroxyl groups is 1. The molecule has 1 aliphatic heterocycles. The van der Waals surface area contributed by atoms with E-state index in [0.717, 1.165) is 44.5 Å². The number of rotatable bonds is 4. The van der Waals surface area contributed by atoms with E-state index in [1.54, 1.807) is 12.1 Å². The highest BCUT2D eigenvalue weighted by Gasteiger charge is 2.41. The first-order valence-electron chi connectivity index (χ1n) is 7.43. The average Bonchev–Trinajstić information content (AvgIpc) is 2.59. The van der Waals surface area contributed by atoms with Gasteiger partial charge >= 0.3 is 0 Å². The second-order valence-electron chi connectivity index (χ2n) is 5.74. The molecule has 3 heteroatoms. The number of likely N-dealkylation sites (tertiary alicyclic amines) is 1. The first kappa shape index (κ1) is 15.1. The van der Waals surface area contributed by atoms with E-state index in [4.69, 9.17) is 0 Å². The third-order valence-corrected chi connectivity index (χ3v) is 4.53. The molecule has 0 aromatic heterocycles. The van der Waals surface area contributed by atoms with Gasteiger partial charge in [-0.2, -0.15) is 0 Å². The highest BCUT2D eigenvalue weighted by molar-refractivity contribution is 5.35. The zero-order valence-corrected chi connectivity index (χ0v) is 12.3. The number of hydrogen-bond donors (Lipinski definition) is 2. The molecule has 2 rings (SSSR count). The Balaban J connectivity index is 2.40. The van der Waals surface area contributed by atoms with E-state index < -0.39 is 0 Å². The minimum absolute atomic E-state index is 0.266. The highest BCUT2D eigenvalue weighted by Crippen LogP contribution is 2.38. The number of benzene rings is 1. The van der Waals surface area contributed by atoms with Gasteiger partial charge in [0.2, 0.25) is 0 Å². The lowest BCUT2D eigenvalue weighted by Crippen LogP contribution is -2.46. The van der Waals surface area contributed by atoms with Crippen LogP contribution in [0.2, 0.25) is 0 Å². The molecule has 1 fully saturated rings. The number of aliphatic hydroxyl groups excluding tert-OH is 1. The number of phenols is 1. The fourth-order valence-corrected chi connectivity index (χ4v) is 3.36. The van der Waals surface area contributed by atoms with Crippen LogP contribution in [0.4, 0.5) is 0 Å². The lowest BCUT2D eigenvalue weighted by atomic mass is 9.72. The maximum absolute atomic E-state index is 10.7. The normalized spacial score (nSPS) is 28.0. The molecule has 1 saturated heterocycles. The van der Waals surface area contributed by atoms with Gasteiger partial charge in [0.05, 0.1) is 6.10 Å². The van der Waals surface area contributed by atoms with Crippen LogP contribution in [0.3, 0.4) is 0 Å². The van der Waals surface area contributed by atoms with Crippen molar-refractivity contribution < 1.29 is 10.2 Å². The molecule has 0 saturated carbocycles. The van der Waals surface area contributed by atoms with Gasteiger partial charge in [0.1, 0.15) is 5.75 Å². The number of hydrogen-bond acceptors (Lipinski definition) is 3. The molecule has 3 nitrogen and oxygen atoms in total. The highest BCUT2D eigenvalue weighted by atomic mass is 16.3. The molecule has 0 amide bonds. The van der Waals surface area contributed by atoms with Crippen LogP contribution in [0, 0.1) is 0 Å². The Labute approximate surface area is 121 Å². The first-order valence-corrected chi connectivity index (χ1v) is 7.43. The summed E-state index contributed by atoms with van der Waals surface area (Å²) < 4.78 is 0. The Morgan fingerprint density at radius 2 is 2.30 bits per heavy atom. The van der Waals surface area contributed by atoms with Gasteiger partial charge in [-0.3, -0.25) is 4.90 Å². The van der Waals surface area contributed by atoms with Crippen molar-refractivity contribution in [3.8, 4) is 5.75 Å². The van der Waals surface area contributed by atoms with Crippen molar-refractivity contribution in [2.45, 2.75) is 37.7 Å². The third kappa shape index (κ3) is 2.89. The van der Waals surface area contributed by atoms with Crippen molar-refractivity contribution in [3.63, 3.8) is 0 Å². The summed E-state index contributed by atoms with van der Waals surface area (Å²) in [6.45, 7) is 8.57. The van der Waals surface area contributed by atoms with E-state index in [1.807, 2.05) is 18.2 Å². The third-order valence-electron chi connectivity index (χ3n) is 4.53. The van der Waals surface area contributed by atoms with Gasteiger partial charge in [-0.1, -0.05) is 25.1 Å². The van der Waals surface area contributed by atoms with Crippen molar-refractivity contribution >= 4 is 0 Å². The summed E-state index contributed by atoms with van der Waals surface area (Å²) >= 11 is 0. The lowest BCUT2D eigenvalue weighted by molar-refractivity contribution is 0.0634. The molecule has 1 aromatic carbocycles.